The highest BCUT2D eigenvalue weighted by Crippen LogP contribution is 2.24. The van der Waals surface area contributed by atoms with Crippen molar-refractivity contribution in [1.82, 2.24) is 15.6 Å². The van der Waals surface area contributed by atoms with E-state index in [1.165, 1.54) is 11.3 Å². The maximum absolute atomic E-state index is 11.8. The van der Waals surface area contributed by atoms with Crippen molar-refractivity contribution in [2.45, 2.75) is 39.3 Å². The number of aliphatic carboxylic acids is 1. The number of aromatic nitrogens is 1. The van der Waals surface area contributed by atoms with Crippen LogP contribution in [0.2, 0.25) is 0 Å². The minimum absolute atomic E-state index is 0.0319. The quantitative estimate of drug-likeness (QED) is 0.625. The first kappa shape index (κ1) is 16.4. The van der Waals surface area contributed by atoms with Gasteiger partial charge in [-0.3, -0.25) is 0 Å². The first-order valence-electron chi connectivity index (χ1n) is 6.19. The average molecular weight is 301 g/mol. The van der Waals surface area contributed by atoms with E-state index in [0.717, 1.165) is 15.6 Å². The molecule has 0 saturated carbocycles. The number of rotatable bonds is 6. The number of hydrogen-bond donors (Lipinski definition) is 4. The molecule has 1 aromatic heterocycles. The largest absolute Gasteiger partial charge is 0.480 e. The second kappa shape index (κ2) is 7.20. The van der Waals surface area contributed by atoms with Gasteiger partial charge in [0.25, 0.3) is 0 Å². The van der Waals surface area contributed by atoms with Gasteiger partial charge in [0.15, 0.2) is 0 Å². The lowest BCUT2D eigenvalue weighted by atomic mass is 10.2. The summed E-state index contributed by atoms with van der Waals surface area (Å²) < 4.78 is 0. The smallest absolute Gasteiger partial charge is 0.326 e. The molecule has 1 aromatic rings. The van der Waals surface area contributed by atoms with Crippen molar-refractivity contribution < 1.29 is 19.8 Å². The lowest BCUT2D eigenvalue weighted by molar-refractivity contribution is -0.139. The highest BCUT2D eigenvalue weighted by molar-refractivity contribution is 7.11. The lowest BCUT2D eigenvalue weighted by Gasteiger charge is -2.17. The highest BCUT2D eigenvalue weighted by Gasteiger charge is 2.21. The van der Waals surface area contributed by atoms with Crippen LogP contribution in [-0.2, 0) is 4.79 Å². The van der Waals surface area contributed by atoms with Crippen LogP contribution < -0.4 is 10.6 Å². The molecule has 8 heteroatoms. The molecule has 0 aliphatic heterocycles. The molecule has 0 aliphatic rings. The molecule has 4 N–H and O–H groups in total. The van der Waals surface area contributed by atoms with Crippen molar-refractivity contribution in [3.05, 3.63) is 15.6 Å². The van der Waals surface area contributed by atoms with E-state index in [1.54, 1.807) is 6.92 Å². The maximum atomic E-state index is 11.8. The van der Waals surface area contributed by atoms with Crippen LogP contribution >= 0.6 is 11.3 Å². The standard InChI is InChI=1S/C12H19N3O4S/c1-6-10(20-8(3)13-6)7(2)14-12(19)15-9(4-5-16)11(17)18/h7,9,16H,4-5H2,1-3H3,(H,17,18)(H2,14,15,19). The minimum atomic E-state index is -1.17. The molecule has 0 fully saturated rings. The SMILES string of the molecule is Cc1nc(C)c(C(C)NC(=O)NC(CCO)C(=O)O)s1. The Morgan fingerprint density at radius 3 is 2.45 bits per heavy atom. The average Bonchev–Trinajstić information content (AvgIpc) is 2.67. The van der Waals surface area contributed by atoms with Crippen LogP contribution in [0.5, 0.6) is 0 Å². The van der Waals surface area contributed by atoms with Crippen molar-refractivity contribution in [2.24, 2.45) is 0 Å². The number of nitrogens with zero attached hydrogens (tertiary/aromatic N) is 1. The summed E-state index contributed by atoms with van der Waals surface area (Å²) in [4.78, 5) is 27.8. The summed E-state index contributed by atoms with van der Waals surface area (Å²) in [5, 5.41) is 23.5. The molecule has 0 aromatic carbocycles. The fraction of sp³-hybridized carbons (Fsp3) is 0.583. The van der Waals surface area contributed by atoms with Gasteiger partial charge in [-0.05, 0) is 20.8 Å². The van der Waals surface area contributed by atoms with Crippen molar-refractivity contribution in [2.75, 3.05) is 6.61 Å². The van der Waals surface area contributed by atoms with Crippen LogP contribution in [0.15, 0.2) is 0 Å². The zero-order valence-electron chi connectivity index (χ0n) is 11.6. The van der Waals surface area contributed by atoms with Crippen molar-refractivity contribution in [1.29, 1.82) is 0 Å². The van der Waals surface area contributed by atoms with Crippen LogP contribution in [-0.4, -0.2) is 39.8 Å². The monoisotopic (exact) mass is 301 g/mol. The van der Waals surface area contributed by atoms with Crippen LogP contribution in [0.1, 0.15) is 35.0 Å². The Morgan fingerprint density at radius 1 is 1.35 bits per heavy atom. The number of carboxylic acids is 1. The number of carbonyl (C=O) groups excluding carboxylic acids is 1. The zero-order chi connectivity index (χ0) is 15.3. The molecule has 0 aliphatic carbocycles. The van der Waals surface area contributed by atoms with Crippen LogP contribution in [0.4, 0.5) is 4.79 Å². The Hall–Kier alpha value is -1.67. The third-order valence-electron chi connectivity index (χ3n) is 2.70. The molecule has 1 rings (SSSR count). The first-order chi connectivity index (χ1) is 9.35. The van der Waals surface area contributed by atoms with E-state index in [4.69, 9.17) is 10.2 Å². The van der Waals surface area contributed by atoms with E-state index < -0.39 is 18.0 Å². The molecule has 7 nitrogen and oxygen atoms in total. The molecule has 20 heavy (non-hydrogen) atoms. The molecule has 0 spiro atoms. The third kappa shape index (κ3) is 4.46. The number of aryl methyl sites for hydroxylation is 2. The van der Waals surface area contributed by atoms with Gasteiger partial charge >= 0.3 is 12.0 Å². The Balaban J connectivity index is 2.61. The molecule has 1 heterocycles. The molecule has 112 valence electrons. The summed E-state index contributed by atoms with van der Waals surface area (Å²) >= 11 is 1.49. The predicted octanol–water partition coefficient (Wildman–Crippen LogP) is 0.956. The number of amides is 2. The number of thiazole rings is 1. The van der Waals surface area contributed by atoms with Gasteiger partial charge in [0, 0.05) is 17.9 Å². The number of carbonyl (C=O) groups is 2. The number of hydrogen-bond acceptors (Lipinski definition) is 5. The number of urea groups is 1. The Labute approximate surface area is 121 Å². The zero-order valence-corrected chi connectivity index (χ0v) is 12.5. The van der Waals surface area contributed by atoms with Gasteiger partial charge in [-0.25, -0.2) is 14.6 Å². The fourth-order valence-corrected chi connectivity index (χ4v) is 2.73. The van der Waals surface area contributed by atoms with Crippen molar-refractivity contribution in [3.63, 3.8) is 0 Å². The summed E-state index contributed by atoms with van der Waals surface area (Å²) in [5.41, 5.74) is 0.852. The van der Waals surface area contributed by atoms with Gasteiger partial charge in [0.2, 0.25) is 0 Å². The van der Waals surface area contributed by atoms with E-state index in [-0.39, 0.29) is 19.1 Å². The topological polar surface area (TPSA) is 112 Å². The third-order valence-corrected chi connectivity index (χ3v) is 3.96. The van der Waals surface area contributed by atoms with E-state index in [9.17, 15) is 9.59 Å². The summed E-state index contributed by atoms with van der Waals surface area (Å²) in [6.45, 7) is 5.25. The predicted molar refractivity (Wildman–Crippen MR) is 74.8 cm³/mol. The number of nitrogens with one attached hydrogen (secondary N) is 2. The van der Waals surface area contributed by atoms with Gasteiger partial charge in [0.1, 0.15) is 6.04 Å². The molecular weight excluding hydrogens is 282 g/mol. The van der Waals surface area contributed by atoms with Gasteiger partial charge in [0.05, 0.1) is 16.7 Å². The normalized spacial score (nSPS) is 13.6. The fourth-order valence-electron chi connectivity index (χ4n) is 1.80. The van der Waals surface area contributed by atoms with Crippen LogP contribution in [0.3, 0.4) is 0 Å². The number of aliphatic hydroxyl groups excluding tert-OH is 1. The molecule has 0 radical (unpaired) electrons. The van der Waals surface area contributed by atoms with Gasteiger partial charge in [-0.2, -0.15) is 0 Å². The van der Waals surface area contributed by atoms with E-state index in [2.05, 4.69) is 15.6 Å². The molecule has 0 bridgehead atoms. The van der Waals surface area contributed by atoms with Gasteiger partial charge in [-0.1, -0.05) is 0 Å². The van der Waals surface area contributed by atoms with Crippen molar-refractivity contribution in [3.8, 4) is 0 Å². The molecule has 2 amide bonds. The maximum Gasteiger partial charge on any atom is 0.326 e. The molecule has 2 unspecified atom stereocenters. The number of carboxylic acid groups (broad SMARTS) is 1. The molecule has 2 atom stereocenters. The lowest BCUT2D eigenvalue weighted by Crippen LogP contribution is -2.46. The van der Waals surface area contributed by atoms with Gasteiger partial charge in [-0.15, -0.1) is 11.3 Å². The summed E-state index contributed by atoms with van der Waals surface area (Å²) in [6, 6.07) is -1.94. The Bertz CT molecular complexity index is 489. The second-order valence-corrected chi connectivity index (χ2v) is 5.66. The van der Waals surface area contributed by atoms with E-state index in [1.807, 2.05) is 13.8 Å². The van der Waals surface area contributed by atoms with Crippen molar-refractivity contribution >= 4 is 23.3 Å². The van der Waals surface area contributed by atoms with Gasteiger partial charge < -0.3 is 20.8 Å². The first-order valence-corrected chi connectivity index (χ1v) is 7.01. The Kier molecular flexibility index (Phi) is 5.90. The van der Waals surface area contributed by atoms with Crippen LogP contribution in [0.25, 0.3) is 0 Å². The summed E-state index contributed by atoms with van der Waals surface area (Å²) in [7, 11) is 0. The highest BCUT2D eigenvalue weighted by atomic mass is 32.1. The Morgan fingerprint density at radius 2 is 2.00 bits per heavy atom. The minimum Gasteiger partial charge on any atom is -0.480 e. The van der Waals surface area contributed by atoms with E-state index in [0.29, 0.717) is 0 Å². The molecule has 0 saturated heterocycles. The summed E-state index contributed by atoms with van der Waals surface area (Å²) in [5.74, 6) is -1.17. The van der Waals surface area contributed by atoms with Crippen LogP contribution in [0, 0.1) is 13.8 Å². The number of aliphatic hydroxyl groups is 1. The molecular formula is C12H19N3O4S. The summed E-state index contributed by atoms with van der Waals surface area (Å²) in [6.07, 6.45) is -0.0319. The second-order valence-electron chi connectivity index (χ2n) is 4.43. The van der Waals surface area contributed by atoms with E-state index >= 15 is 0 Å².